The maximum absolute atomic E-state index is 13.5. The quantitative estimate of drug-likeness (QED) is 0.310. The number of benzene rings is 3. The van der Waals surface area contributed by atoms with Crippen molar-refractivity contribution in [2.24, 2.45) is 0 Å². The van der Waals surface area contributed by atoms with E-state index in [1.807, 2.05) is 30.3 Å². The molecule has 0 unspecified atom stereocenters. The van der Waals surface area contributed by atoms with Crippen molar-refractivity contribution in [2.45, 2.75) is 52.4 Å². The number of carbonyl (C=O) groups is 2. The number of fused-ring (bicyclic) bond motifs is 1. The number of nitrogens with one attached hydrogen (secondary N) is 1. The Morgan fingerprint density at radius 1 is 0.895 bits per heavy atom. The molecule has 1 N–H and O–H groups in total. The predicted molar refractivity (Wildman–Crippen MR) is 154 cm³/mol. The number of Topliss-reactive ketones (excluding diaryl/α,β-unsaturated/α-hetero) is 1. The molecule has 0 spiro atoms. The lowest BCUT2D eigenvalue weighted by Crippen LogP contribution is -2.38. The zero-order valence-corrected chi connectivity index (χ0v) is 23.5. The molecule has 1 aliphatic rings. The maximum Gasteiger partial charge on any atom is 0.296 e. The second-order valence-electron chi connectivity index (χ2n) is 12.0. The van der Waals surface area contributed by atoms with Crippen molar-refractivity contribution >= 4 is 28.2 Å². The second-order valence-corrected chi connectivity index (χ2v) is 12.0. The first kappa shape index (κ1) is 27.8. The van der Waals surface area contributed by atoms with Gasteiger partial charge in [-0.3, -0.25) is 14.5 Å². The summed E-state index contributed by atoms with van der Waals surface area (Å²) >= 11 is 0. The first-order valence-electron chi connectivity index (χ1n) is 13.4. The Balaban J connectivity index is 1.57. The van der Waals surface area contributed by atoms with Crippen LogP contribution in [0.5, 0.6) is 5.75 Å². The van der Waals surface area contributed by atoms with E-state index in [0.717, 1.165) is 49.4 Å². The van der Waals surface area contributed by atoms with Crippen molar-refractivity contribution in [1.29, 1.82) is 0 Å². The minimum absolute atomic E-state index is 0.0896. The highest BCUT2D eigenvalue weighted by Crippen LogP contribution is 2.34. The average molecular weight is 517 g/mol. The van der Waals surface area contributed by atoms with Crippen LogP contribution in [0.3, 0.4) is 0 Å². The first-order valence-corrected chi connectivity index (χ1v) is 13.4. The normalized spacial score (nSPS) is 14.9. The molecular weight excluding hydrogens is 476 g/mol. The topological polar surface area (TPSA) is 67.9 Å². The molecule has 6 heteroatoms. The van der Waals surface area contributed by atoms with Crippen molar-refractivity contribution in [3.05, 3.63) is 71.3 Å². The van der Waals surface area contributed by atoms with Crippen molar-refractivity contribution in [3.8, 4) is 5.75 Å². The maximum atomic E-state index is 13.5. The van der Waals surface area contributed by atoms with E-state index in [0.29, 0.717) is 29.0 Å². The summed E-state index contributed by atoms with van der Waals surface area (Å²) in [6.07, 6.45) is 0. The van der Waals surface area contributed by atoms with Gasteiger partial charge in [-0.05, 0) is 45.5 Å². The minimum Gasteiger partial charge on any atom is -0.492 e. The van der Waals surface area contributed by atoms with Crippen molar-refractivity contribution in [2.75, 3.05) is 44.8 Å². The lowest BCUT2D eigenvalue weighted by molar-refractivity contribution is -0.112. The predicted octanol–water partition coefficient (Wildman–Crippen LogP) is 5.97. The lowest BCUT2D eigenvalue weighted by Gasteiger charge is -2.27. The van der Waals surface area contributed by atoms with Crippen LogP contribution in [0.25, 0.3) is 10.8 Å². The molecule has 0 atom stereocenters. The second kappa shape index (κ2) is 11.3. The highest BCUT2D eigenvalue weighted by Gasteiger charge is 2.26. The van der Waals surface area contributed by atoms with Crippen LogP contribution in [-0.2, 0) is 20.4 Å². The molecule has 1 aliphatic heterocycles. The van der Waals surface area contributed by atoms with Crippen LogP contribution in [0.4, 0.5) is 5.69 Å². The Labute approximate surface area is 226 Å². The van der Waals surface area contributed by atoms with Gasteiger partial charge >= 0.3 is 0 Å². The summed E-state index contributed by atoms with van der Waals surface area (Å²) in [7, 11) is 0. The standard InChI is InChI=1S/C32H40N2O4/c1-31(2,3)22-11-13-26(32(4,5)6)27(21-22)33-30(36)29(35)25-12-14-28(24-10-8-7-9-23(24)25)38-20-17-34-15-18-37-19-16-34/h7-14,21H,15-20H2,1-6H3,(H,33,36). The highest BCUT2D eigenvalue weighted by molar-refractivity contribution is 6.48. The van der Waals surface area contributed by atoms with Crippen LogP contribution < -0.4 is 10.1 Å². The highest BCUT2D eigenvalue weighted by atomic mass is 16.5. The van der Waals surface area contributed by atoms with Gasteiger partial charge in [0.1, 0.15) is 12.4 Å². The van der Waals surface area contributed by atoms with E-state index in [1.54, 1.807) is 12.1 Å². The van der Waals surface area contributed by atoms with Gasteiger partial charge in [0, 0.05) is 36.3 Å². The van der Waals surface area contributed by atoms with Gasteiger partial charge in [0.15, 0.2) is 0 Å². The molecule has 0 aliphatic carbocycles. The van der Waals surface area contributed by atoms with Gasteiger partial charge in [-0.1, -0.05) is 77.9 Å². The molecule has 6 nitrogen and oxygen atoms in total. The number of hydrogen-bond donors (Lipinski definition) is 1. The number of ketones is 1. The Kier molecular flexibility index (Phi) is 8.24. The van der Waals surface area contributed by atoms with E-state index in [1.165, 1.54) is 0 Å². The first-order chi connectivity index (χ1) is 17.9. The Bertz CT molecular complexity index is 1310. The van der Waals surface area contributed by atoms with E-state index >= 15 is 0 Å². The van der Waals surface area contributed by atoms with Crippen LogP contribution in [0.1, 0.15) is 63.0 Å². The molecule has 3 aromatic carbocycles. The van der Waals surface area contributed by atoms with Gasteiger partial charge in [-0.15, -0.1) is 0 Å². The van der Waals surface area contributed by atoms with Crippen LogP contribution in [0, 0.1) is 0 Å². The molecule has 0 aromatic heterocycles. The molecule has 1 heterocycles. The largest absolute Gasteiger partial charge is 0.492 e. The lowest BCUT2D eigenvalue weighted by atomic mass is 9.81. The third-order valence-electron chi connectivity index (χ3n) is 7.05. The third-order valence-corrected chi connectivity index (χ3v) is 7.05. The molecule has 202 valence electrons. The van der Waals surface area contributed by atoms with Crippen LogP contribution >= 0.6 is 0 Å². The van der Waals surface area contributed by atoms with Crippen LogP contribution in [-0.4, -0.2) is 56.0 Å². The van der Waals surface area contributed by atoms with Gasteiger partial charge in [-0.2, -0.15) is 0 Å². The monoisotopic (exact) mass is 516 g/mol. The summed E-state index contributed by atoms with van der Waals surface area (Å²) in [5.74, 6) is -0.506. The molecule has 0 saturated carbocycles. The summed E-state index contributed by atoms with van der Waals surface area (Å²) in [6.45, 7) is 17.4. The summed E-state index contributed by atoms with van der Waals surface area (Å²) in [5, 5.41) is 4.46. The number of morpholine rings is 1. The molecular formula is C32H40N2O4. The summed E-state index contributed by atoms with van der Waals surface area (Å²) < 4.78 is 11.5. The molecule has 0 radical (unpaired) electrons. The Morgan fingerprint density at radius 2 is 1.58 bits per heavy atom. The number of nitrogens with zero attached hydrogens (tertiary/aromatic N) is 1. The van der Waals surface area contributed by atoms with E-state index in [2.05, 4.69) is 63.9 Å². The van der Waals surface area contributed by atoms with Gasteiger partial charge in [0.2, 0.25) is 0 Å². The zero-order chi connectivity index (χ0) is 27.5. The summed E-state index contributed by atoms with van der Waals surface area (Å²) in [5.41, 5.74) is 2.83. The number of amides is 1. The average Bonchev–Trinajstić information content (AvgIpc) is 2.87. The van der Waals surface area contributed by atoms with Gasteiger partial charge < -0.3 is 14.8 Å². The zero-order valence-electron chi connectivity index (χ0n) is 23.5. The number of anilines is 1. The molecule has 1 saturated heterocycles. The molecule has 1 amide bonds. The molecule has 0 bridgehead atoms. The minimum atomic E-state index is -0.646. The van der Waals surface area contributed by atoms with Crippen molar-refractivity contribution in [1.82, 2.24) is 4.90 Å². The number of carbonyl (C=O) groups excluding carboxylic acids is 2. The van der Waals surface area contributed by atoms with E-state index in [9.17, 15) is 9.59 Å². The van der Waals surface area contributed by atoms with Crippen molar-refractivity contribution < 1.29 is 19.1 Å². The van der Waals surface area contributed by atoms with Gasteiger partial charge in [-0.25, -0.2) is 0 Å². The molecule has 3 aromatic rings. The van der Waals surface area contributed by atoms with Crippen LogP contribution in [0.2, 0.25) is 0 Å². The number of rotatable bonds is 7. The fourth-order valence-electron chi connectivity index (χ4n) is 4.77. The molecule has 38 heavy (non-hydrogen) atoms. The SMILES string of the molecule is CC(C)(C)c1ccc(C(C)(C)C)c(NC(=O)C(=O)c2ccc(OCCN3CCOCC3)c3ccccc23)c1. The van der Waals surface area contributed by atoms with E-state index < -0.39 is 11.7 Å². The summed E-state index contributed by atoms with van der Waals surface area (Å²) in [6, 6.07) is 17.2. The van der Waals surface area contributed by atoms with E-state index in [-0.39, 0.29) is 10.8 Å². The Morgan fingerprint density at radius 3 is 2.24 bits per heavy atom. The van der Waals surface area contributed by atoms with E-state index in [4.69, 9.17) is 9.47 Å². The number of hydrogen-bond acceptors (Lipinski definition) is 5. The third kappa shape index (κ3) is 6.43. The van der Waals surface area contributed by atoms with Gasteiger partial charge in [0.25, 0.3) is 11.7 Å². The fourth-order valence-corrected chi connectivity index (χ4v) is 4.77. The number of ether oxygens (including phenoxy) is 2. The summed E-state index contributed by atoms with van der Waals surface area (Å²) in [4.78, 5) is 29.1. The fraction of sp³-hybridized carbons (Fsp3) is 0.438. The Hall–Kier alpha value is -3.22. The smallest absolute Gasteiger partial charge is 0.296 e. The van der Waals surface area contributed by atoms with Crippen LogP contribution in [0.15, 0.2) is 54.6 Å². The molecule has 4 rings (SSSR count). The van der Waals surface area contributed by atoms with Crippen molar-refractivity contribution in [3.63, 3.8) is 0 Å². The molecule has 1 fully saturated rings. The van der Waals surface area contributed by atoms with Gasteiger partial charge in [0.05, 0.1) is 13.2 Å².